The predicted molar refractivity (Wildman–Crippen MR) is 98.1 cm³/mol. The second-order valence-corrected chi connectivity index (χ2v) is 6.55. The van der Waals surface area contributed by atoms with Gasteiger partial charge in [-0.3, -0.25) is 19.3 Å². The molecule has 1 aliphatic heterocycles. The van der Waals surface area contributed by atoms with Crippen LogP contribution in [0.5, 0.6) is 11.5 Å². The average Bonchev–Trinajstić information content (AvgIpc) is 2.88. The standard InChI is InChI=1S/C18H21NO6S/c1-5-11(2)25-15(20)10-19-17(21)14(26-18(19)22)9-12-7-6-8-13(23-3)16(12)24-4/h6-9,11H,5,10H2,1-4H3/b14-9+/t11-/m0/s1. The van der Waals surface area contributed by atoms with Crippen molar-refractivity contribution in [1.29, 1.82) is 0 Å². The number of hydrogen-bond donors (Lipinski definition) is 0. The van der Waals surface area contributed by atoms with Crippen LogP contribution in [0, 0.1) is 0 Å². The summed E-state index contributed by atoms with van der Waals surface area (Å²) in [5.41, 5.74) is 0.597. The number of methoxy groups -OCH3 is 2. The van der Waals surface area contributed by atoms with Crippen molar-refractivity contribution in [2.24, 2.45) is 0 Å². The smallest absolute Gasteiger partial charge is 0.326 e. The zero-order valence-electron chi connectivity index (χ0n) is 15.1. The van der Waals surface area contributed by atoms with Crippen molar-refractivity contribution in [1.82, 2.24) is 4.90 Å². The van der Waals surface area contributed by atoms with Crippen LogP contribution < -0.4 is 9.47 Å². The van der Waals surface area contributed by atoms with Gasteiger partial charge in [-0.05, 0) is 37.2 Å². The number of imide groups is 1. The molecule has 1 aromatic rings. The Balaban J connectivity index is 2.21. The third-order valence-electron chi connectivity index (χ3n) is 3.79. The van der Waals surface area contributed by atoms with E-state index in [0.717, 1.165) is 16.7 Å². The second kappa shape index (κ2) is 8.75. The number of carbonyl (C=O) groups is 3. The summed E-state index contributed by atoms with van der Waals surface area (Å²) in [6.45, 7) is 3.23. The van der Waals surface area contributed by atoms with Crippen LogP contribution in [0.4, 0.5) is 4.79 Å². The van der Waals surface area contributed by atoms with E-state index in [1.165, 1.54) is 14.2 Å². The van der Waals surface area contributed by atoms with Gasteiger partial charge in [-0.25, -0.2) is 0 Å². The molecule has 26 heavy (non-hydrogen) atoms. The van der Waals surface area contributed by atoms with Gasteiger partial charge in [0.15, 0.2) is 11.5 Å². The predicted octanol–water partition coefficient (Wildman–Crippen LogP) is 3.08. The Morgan fingerprint density at radius 1 is 1.27 bits per heavy atom. The first-order chi connectivity index (χ1) is 12.4. The van der Waals surface area contributed by atoms with Crippen LogP contribution in [0.15, 0.2) is 23.1 Å². The van der Waals surface area contributed by atoms with E-state index in [-0.39, 0.29) is 11.0 Å². The van der Waals surface area contributed by atoms with Crippen molar-refractivity contribution in [3.8, 4) is 11.5 Å². The molecule has 0 aliphatic carbocycles. The van der Waals surface area contributed by atoms with Crippen molar-refractivity contribution < 1.29 is 28.6 Å². The molecule has 2 rings (SSSR count). The molecule has 1 aromatic carbocycles. The van der Waals surface area contributed by atoms with Crippen molar-refractivity contribution in [2.75, 3.05) is 20.8 Å². The number of rotatable bonds is 7. The van der Waals surface area contributed by atoms with Gasteiger partial charge in [0.25, 0.3) is 11.1 Å². The Morgan fingerprint density at radius 3 is 2.62 bits per heavy atom. The van der Waals surface area contributed by atoms with E-state index in [1.807, 2.05) is 6.92 Å². The van der Waals surface area contributed by atoms with Crippen LogP contribution in [0.3, 0.4) is 0 Å². The van der Waals surface area contributed by atoms with E-state index in [9.17, 15) is 14.4 Å². The van der Waals surface area contributed by atoms with Crippen molar-refractivity contribution in [3.05, 3.63) is 28.7 Å². The molecule has 7 nitrogen and oxygen atoms in total. The largest absolute Gasteiger partial charge is 0.493 e. The van der Waals surface area contributed by atoms with Crippen LogP contribution in [-0.4, -0.2) is 48.9 Å². The van der Waals surface area contributed by atoms with Gasteiger partial charge in [0.1, 0.15) is 6.54 Å². The van der Waals surface area contributed by atoms with Gasteiger partial charge in [-0.1, -0.05) is 19.1 Å². The molecule has 1 atom stereocenters. The second-order valence-electron chi connectivity index (χ2n) is 5.56. The number of benzene rings is 1. The number of amides is 2. The fraction of sp³-hybridized carbons (Fsp3) is 0.389. The summed E-state index contributed by atoms with van der Waals surface area (Å²) in [6.07, 6.45) is 1.94. The number of ether oxygens (including phenoxy) is 3. The molecule has 0 aromatic heterocycles. The van der Waals surface area contributed by atoms with Gasteiger partial charge >= 0.3 is 5.97 Å². The Morgan fingerprint density at radius 2 is 2.00 bits per heavy atom. The fourth-order valence-electron chi connectivity index (χ4n) is 2.28. The first kappa shape index (κ1) is 19.8. The van der Waals surface area contributed by atoms with Gasteiger partial charge in [0.2, 0.25) is 0 Å². The quantitative estimate of drug-likeness (QED) is 0.532. The van der Waals surface area contributed by atoms with Crippen LogP contribution in [0.1, 0.15) is 25.8 Å². The lowest BCUT2D eigenvalue weighted by molar-refractivity contribution is -0.150. The van der Waals surface area contributed by atoms with E-state index in [1.54, 1.807) is 31.2 Å². The fourth-order valence-corrected chi connectivity index (χ4v) is 3.11. The lowest BCUT2D eigenvalue weighted by atomic mass is 10.1. The Kier molecular flexibility index (Phi) is 6.68. The Bertz CT molecular complexity index is 745. The van der Waals surface area contributed by atoms with Crippen LogP contribution >= 0.6 is 11.8 Å². The number of carbonyl (C=O) groups excluding carboxylic acids is 3. The van der Waals surface area contributed by atoms with E-state index in [4.69, 9.17) is 14.2 Å². The molecule has 140 valence electrons. The molecule has 0 unspecified atom stereocenters. The zero-order valence-corrected chi connectivity index (χ0v) is 15.9. The molecule has 1 heterocycles. The minimum atomic E-state index is -0.609. The van der Waals surface area contributed by atoms with E-state index < -0.39 is 23.7 Å². The highest BCUT2D eigenvalue weighted by molar-refractivity contribution is 8.18. The van der Waals surface area contributed by atoms with Crippen LogP contribution in [0.2, 0.25) is 0 Å². The van der Waals surface area contributed by atoms with E-state index >= 15 is 0 Å². The molecule has 0 spiro atoms. The maximum Gasteiger partial charge on any atom is 0.326 e. The molecule has 0 bridgehead atoms. The highest BCUT2D eigenvalue weighted by atomic mass is 32.2. The van der Waals surface area contributed by atoms with Crippen molar-refractivity contribution >= 4 is 35.0 Å². The maximum absolute atomic E-state index is 12.5. The third-order valence-corrected chi connectivity index (χ3v) is 4.70. The normalized spacial score (nSPS) is 16.8. The number of thioether (sulfide) groups is 1. The van der Waals surface area contributed by atoms with Crippen LogP contribution in [-0.2, 0) is 14.3 Å². The zero-order chi connectivity index (χ0) is 19.3. The first-order valence-electron chi connectivity index (χ1n) is 8.07. The molecule has 1 saturated heterocycles. The number of para-hydroxylation sites is 1. The summed E-state index contributed by atoms with van der Waals surface area (Å²) in [4.78, 5) is 37.6. The minimum Gasteiger partial charge on any atom is -0.493 e. The van der Waals surface area contributed by atoms with Gasteiger partial charge in [0, 0.05) is 5.56 Å². The summed E-state index contributed by atoms with van der Waals surface area (Å²) in [5.74, 6) is -0.177. The summed E-state index contributed by atoms with van der Waals surface area (Å²) < 4.78 is 15.7. The molecule has 1 fully saturated rings. The minimum absolute atomic E-state index is 0.206. The van der Waals surface area contributed by atoms with Crippen molar-refractivity contribution in [3.63, 3.8) is 0 Å². The number of esters is 1. The number of nitrogens with zero attached hydrogens (tertiary/aromatic N) is 1. The molecule has 0 radical (unpaired) electrons. The summed E-state index contributed by atoms with van der Waals surface area (Å²) in [6, 6.07) is 5.22. The van der Waals surface area contributed by atoms with Gasteiger partial charge < -0.3 is 14.2 Å². The van der Waals surface area contributed by atoms with Gasteiger partial charge in [-0.15, -0.1) is 0 Å². The Hall–Kier alpha value is -2.48. The maximum atomic E-state index is 12.5. The molecule has 2 amide bonds. The first-order valence-corrected chi connectivity index (χ1v) is 8.88. The van der Waals surface area contributed by atoms with Crippen molar-refractivity contribution in [2.45, 2.75) is 26.4 Å². The lowest BCUT2D eigenvalue weighted by Gasteiger charge is -2.15. The molecule has 1 aliphatic rings. The van der Waals surface area contributed by atoms with Gasteiger partial charge in [0.05, 0.1) is 25.2 Å². The number of hydrogen-bond acceptors (Lipinski definition) is 7. The summed E-state index contributed by atoms with van der Waals surface area (Å²) >= 11 is 0.770. The molecule has 0 saturated carbocycles. The topological polar surface area (TPSA) is 82.1 Å². The third kappa shape index (κ3) is 4.37. The lowest BCUT2D eigenvalue weighted by Crippen LogP contribution is -2.35. The monoisotopic (exact) mass is 379 g/mol. The average molecular weight is 379 g/mol. The molecule has 0 N–H and O–H groups in total. The summed E-state index contributed by atoms with van der Waals surface area (Å²) in [5, 5.41) is -0.510. The summed E-state index contributed by atoms with van der Waals surface area (Å²) in [7, 11) is 3.00. The Labute approximate surface area is 156 Å². The molecule has 8 heteroatoms. The SMILES string of the molecule is CC[C@H](C)OC(=O)CN1C(=O)S/C(=C/c2cccc(OC)c2OC)C1=O. The highest BCUT2D eigenvalue weighted by Crippen LogP contribution is 2.37. The highest BCUT2D eigenvalue weighted by Gasteiger charge is 2.37. The van der Waals surface area contributed by atoms with E-state index in [2.05, 4.69) is 0 Å². The molecular formula is C18H21NO6S. The molecular weight excluding hydrogens is 358 g/mol. The van der Waals surface area contributed by atoms with Crippen LogP contribution in [0.25, 0.3) is 6.08 Å². The van der Waals surface area contributed by atoms with E-state index in [0.29, 0.717) is 23.5 Å². The van der Waals surface area contributed by atoms with Gasteiger partial charge in [-0.2, -0.15) is 0 Å².